The number of amidine groups is 1. The van der Waals surface area contributed by atoms with Crippen molar-refractivity contribution in [1.82, 2.24) is 15.0 Å². The standard InChI is InChI=1S/C16H17FN6OS/c1-16(3-5-25-15(18)23-16)13-6-10(2-4-19-13)22-14(24)12-9-20-11(7-17)8-21-12/h2,4,6,8-9H,3,5,7H2,1H3,(H2,18,23)(H,19,22,24)/t16-/m0/s1. The fraction of sp³-hybridized carbons (Fsp3) is 0.312. The molecule has 0 spiro atoms. The molecule has 3 N–H and O–H groups in total. The summed E-state index contributed by atoms with van der Waals surface area (Å²) in [7, 11) is 0. The van der Waals surface area contributed by atoms with Crippen molar-refractivity contribution in [3.63, 3.8) is 0 Å². The molecule has 2 aromatic heterocycles. The van der Waals surface area contributed by atoms with Crippen LogP contribution in [0.3, 0.4) is 0 Å². The minimum Gasteiger partial charge on any atom is -0.379 e. The van der Waals surface area contributed by atoms with Crippen LogP contribution in [0.2, 0.25) is 0 Å². The molecule has 0 fully saturated rings. The molecule has 1 amide bonds. The van der Waals surface area contributed by atoms with E-state index in [1.807, 2.05) is 6.92 Å². The summed E-state index contributed by atoms with van der Waals surface area (Å²) in [6, 6.07) is 3.45. The molecule has 1 aliphatic heterocycles. The Morgan fingerprint density at radius 1 is 1.40 bits per heavy atom. The van der Waals surface area contributed by atoms with E-state index in [0.717, 1.165) is 17.9 Å². The van der Waals surface area contributed by atoms with Crippen LogP contribution >= 0.6 is 11.8 Å². The highest BCUT2D eigenvalue weighted by molar-refractivity contribution is 8.13. The van der Waals surface area contributed by atoms with E-state index < -0.39 is 18.1 Å². The number of halogens is 1. The van der Waals surface area contributed by atoms with Gasteiger partial charge in [0.25, 0.3) is 5.91 Å². The molecule has 0 aliphatic carbocycles. The van der Waals surface area contributed by atoms with Gasteiger partial charge in [-0.2, -0.15) is 0 Å². The molecule has 0 bridgehead atoms. The number of anilines is 1. The number of rotatable bonds is 4. The van der Waals surface area contributed by atoms with E-state index in [1.165, 1.54) is 24.2 Å². The molecule has 25 heavy (non-hydrogen) atoms. The number of nitrogens with zero attached hydrogens (tertiary/aromatic N) is 4. The zero-order chi connectivity index (χ0) is 17.9. The predicted molar refractivity (Wildman–Crippen MR) is 95.1 cm³/mol. The van der Waals surface area contributed by atoms with Gasteiger partial charge >= 0.3 is 0 Å². The van der Waals surface area contributed by atoms with Gasteiger partial charge in [0.1, 0.15) is 17.9 Å². The second kappa shape index (κ2) is 7.14. The Morgan fingerprint density at radius 2 is 2.24 bits per heavy atom. The minimum atomic E-state index is -0.719. The molecule has 7 nitrogen and oxygen atoms in total. The average Bonchev–Trinajstić information content (AvgIpc) is 2.62. The number of hydrogen-bond donors (Lipinski definition) is 2. The summed E-state index contributed by atoms with van der Waals surface area (Å²) >= 11 is 1.52. The van der Waals surface area contributed by atoms with Gasteiger partial charge in [-0.05, 0) is 25.5 Å². The van der Waals surface area contributed by atoms with Crippen molar-refractivity contribution in [3.05, 3.63) is 47.8 Å². The first-order valence-electron chi connectivity index (χ1n) is 7.63. The predicted octanol–water partition coefficient (Wildman–Crippen LogP) is 2.26. The van der Waals surface area contributed by atoms with E-state index >= 15 is 0 Å². The van der Waals surface area contributed by atoms with Gasteiger partial charge in [-0.1, -0.05) is 11.8 Å². The number of nitrogens with two attached hydrogens (primary N) is 1. The van der Waals surface area contributed by atoms with Gasteiger partial charge in [-0.25, -0.2) is 14.4 Å². The van der Waals surface area contributed by atoms with Gasteiger partial charge in [0.2, 0.25) is 0 Å². The Balaban J connectivity index is 1.79. The Bertz CT molecular complexity index is 813. The SMILES string of the molecule is C[C@@]1(c2cc(NC(=O)c3cnc(CF)cn3)ccn2)CCSC(N)=N1. The van der Waals surface area contributed by atoms with E-state index in [9.17, 15) is 9.18 Å². The number of aromatic nitrogens is 3. The summed E-state index contributed by atoms with van der Waals surface area (Å²) in [4.78, 5) is 28.9. The average molecular weight is 360 g/mol. The summed E-state index contributed by atoms with van der Waals surface area (Å²) in [6.07, 6.45) is 4.91. The van der Waals surface area contributed by atoms with Crippen LogP contribution in [0.1, 0.15) is 35.2 Å². The fourth-order valence-electron chi connectivity index (χ4n) is 2.41. The molecule has 1 aliphatic rings. The highest BCUT2D eigenvalue weighted by atomic mass is 32.2. The van der Waals surface area contributed by atoms with E-state index in [-0.39, 0.29) is 11.4 Å². The molecule has 3 rings (SSSR count). The molecule has 0 unspecified atom stereocenters. The van der Waals surface area contributed by atoms with E-state index in [4.69, 9.17) is 5.73 Å². The molecule has 9 heteroatoms. The van der Waals surface area contributed by atoms with Crippen LogP contribution in [0.4, 0.5) is 10.1 Å². The number of aliphatic imine (C=N–C) groups is 1. The maximum atomic E-state index is 12.5. The lowest BCUT2D eigenvalue weighted by molar-refractivity contribution is 0.102. The zero-order valence-corrected chi connectivity index (χ0v) is 14.4. The number of thioether (sulfide) groups is 1. The lowest BCUT2D eigenvalue weighted by Gasteiger charge is -2.28. The number of alkyl halides is 1. The Morgan fingerprint density at radius 3 is 2.92 bits per heavy atom. The number of pyridine rings is 1. The first-order valence-corrected chi connectivity index (χ1v) is 8.61. The van der Waals surface area contributed by atoms with E-state index in [1.54, 1.807) is 18.3 Å². The lowest BCUT2D eigenvalue weighted by atomic mass is 9.94. The van der Waals surface area contributed by atoms with Gasteiger partial charge in [0, 0.05) is 17.6 Å². The third-order valence-corrected chi connectivity index (χ3v) is 4.64. The van der Waals surface area contributed by atoms with E-state index in [2.05, 4.69) is 25.3 Å². The second-order valence-corrected chi connectivity index (χ2v) is 6.85. The molecular formula is C16H17FN6OS. The van der Waals surface area contributed by atoms with Gasteiger partial charge in [0.05, 0.1) is 23.8 Å². The first-order chi connectivity index (χ1) is 12.0. The van der Waals surface area contributed by atoms with Crippen LogP contribution < -0.4 is 11.1 Å². The highest BCUT2D eigenvalue weighted by Crippen LogP contribution is 2.34. The number of hydrogen-bond acceptors (Lipinski definition) is 7. The van der Waals surface area contributed by atoms with Crippen molar-refractivity contribution in [1.29, 1.82) is 0 Å². The van der Waals surface area contributed by atoms with Crippen LogP contribution in [0.5, 0.6) is 0 Å². The smallest absolute Gasteiger partial charge is 0.275 e. The van der Waals surface area contributed by atoms with E-state index in [0.29, 0.717) is 10.9 Å². The van der Waals surface area contributed by atoms with Crippen molar-refractivity contribution in [2.75, 3.05) is 11.1 Å². The minimum absolute atomic E-state index is 0.109. The maximum Gasteiger partial charge on any atom is 0.275 e. The summed E-state index contributed by atoms with van der Waals surface area (Å²) in [5.41, 5.74) is 6.91. The van der Waals surface area contributed by atoms with Crippen molar-refractivity contribution in [2.24, 2.45) is 10.7 Å². The Hall–Kier alpha value is -2.55. The van der Waals surface area contributed by atoms with Crippen LogP contribution in [0.25, 0.3) is 0 Å². The molecule has 0 saturated heterocycles. The van der Waals surface area contributed by atoms with Gasteiger partial charge in [-0.15, -0.1) is 0 Å². The maximum absolute atomic E-state index is 12.5. The molecule has 0 radical (unpaired) electrons. The molecule has 3 heterocycles. The quantitative estimate of drug-likeness (QED) is 0.866. The Labute approximate surface area is 148 Å². The molecule has 0 saturated carbocycles. The van der Waals surface area contributed by atoms with Crippen LogP contribution in [-0.4, -0.2) is 31.8 Å². The number of nitrogens with one attached hydrogen (secondary N) is 1. The van der Waals surface area contributed by atoms with Crippen molar-refractivity contribution in [3.8, 4) is 0 Å². The zero-order valence-electron chi connectivity index (χ0n) is 13.6. The largest absolute Gasteiger partial charge is 0.379 e. The third kappa shape index (κ3) is 3.93. The van der Waals surface area contributed by atoms with Crippen LogP contribution in [0.15, 0.2) is 35.7 Å². The van der Waals surface area contributed by atoms with Crippen molar-refractivity contribution < 1.29 is 9.18 Å². The van der Waals surface area contributed by atoms with Gasteiger partial charge in [0.15, 0.2) is 5.17 Å². The van der Waals surface area contributed by atoms with Crippen LogP contribution in [-0.2, 0) is 12.2 Å². The highest BCUT2D eigenvalue weighted by Gasteiger charge is 2.31. The summed E-state index contributed by atoms with van der Waals surface area (Å²) in [5.74, 6) is 0.433. The lowest BCUT2D eigenvalue weighted by Crippen LogP contribution is -2.29. The van der Waals surface area contributed by atoms with Gasteiger partial charge in [-0.3, -0.25) is 14.8 Å². The molecule has 0 aromatic carbocycles. The normalized spacial score (nSPS) is 20.0. The van der Waals surface area contributed by atoms with Crippen molar-refractivity contribution >= 4 is 28.5 Å². The number of carbonyl (C=O) groups is 1. The van der Waals surface area contributed by atoms with Crippen molar-refractivity contribution in [2.45, 2.75) is 25.6 Å². The summed E-state index contributed by atoms with van der Waals surface area (Å²) in [5, 5.41) is 3.28. The molecule has 1 atom stereocenters. The topological polar surface area (TPSA) is 106 Å². The molecule has 2 aromatic rings. The molecule has 130 valence electrons. The van der Waals surface area contributed by atoms with Crippen LogP contribution in [0, 0.1) is 0 Å². The summed E-state index contributed by atoms with van der Waals surface area (Å²) < 4.78 is 12.5. The second-order valence-electron chi connectivity index (χ2n) is 5.73. The number of amides is 1. The summed E-state index contributed by atoms with van der Waals surface area (Å²) in [6.45, 7) is 1.25. The fourth-order valence-corrected chi connectivity index (χ4v) is 3.38. The monoisotopic (exact) mass is 360 g/mol. The Kier molecular flexibility index (Phi) is 4.93. The molecular weight excluding hydrogens is 343 g/mol. The third-order valence-electron chi connectivity index (χ3n) is 3.84. The van der Waals surface area contributed by atoms with Gasteiger partial charge < -0.3 is 11.1 Å². The first kappa shape index (κ1) is 17.3. The number of carbonyl (C=O) groups excluding carboxylic acids is 1.